The molecule has 2 aromatic carbocycles. The average molecular weight is 478 g/mol. The summed E-state index contributed by atoms with van der Waals surface area (Å²) in [4.78, 5) is 17.5. The maximum absolute atomic E-state index is 13.8. The van der Waals surface area contributed by atoms with Gasteiger partial charge in [-0.2, -0.15) is 0 Å². The first-order valence-electron chi connectivity index (χ1n) is 10.3. The van der Waals surface area contributed by atoms with Crippen molar-refractivity contribution < 1.29 is 13.2 Å². The molecule has 0 atom stereocenters. The molecule has 0 saturated carbocycles. The van der Waals surface area contributed by atoms with Crippen LogP contribution >= 0.6 is 11.3 Å². The molecule has 1 N–H and O–H groups in total. The summed E-state index contributed by atoms with van der Waals surface area (Å²) in [5.74, 6) is -0.455. The topological polar surface area (TPSA) is 79.4 Å². The van der Waals surface area contributed by atoms with Gasteiger partial charge in [0.25, 0.3) is 15.9 Å². The fourth-order valence-electron chi connectivity index (χ4n) is 3.43. The first kappa shape index (κ1) is 22.7. The molecule has 2 aromatic heterocycles. The van der Waals surface area contributed by atoms with Crippen molar-refractivity contribution in [1.29, 1.82) is 0 Å². The molecule has 0 aliphatic heterocycles. The molecule has 4 aromatic rings. The van der Waals surface area contributed by atoms with E-state index in [1.54, 1.807) is 35.8 Å². The Labute approximate surface area is 197 Å². The molecule has 168 valence electrons. The van der Waals surface area contributed by atoms with Crippen LogP contribution in [0.4, 0.5) is 5.69 Å². The lowest BCUT2D eigenvalue weighted by Crippen LogP contribution is -2.30. The Kier molecular flexibility index (Phi) is 6.57. The van der Waals surface area contributed by atoms with Gasteiger partial charge in [-0.05, 0) is 42.3 Å². The quantitative estimate of drug-likeness (QED) is 0.412. The fraction of sp³-hybridized carbons (Fsp3) is 0.120. The number of hydrogen-bond acceptors (Lipinski definition) is 5. The Morgan fingerprint density at radius 2 is 1.79 bits per heavy atom. The van der Waals surface area contributed by atoms with Crippen molar-refractivity contribution >= 4 is 33.0 Å². The lowest BCUT2D eigenvalue weighted by Gasteiger charge is -2.21. The number of carbonyl (C=O) groups is 1. The normalized spacial score (nSPS) is 11.2. The molecule has 4 rings (SSSR count). The van der Waals surface area contributed by atoms with Gasteiger partial charge < -0.3 is 5.32 Å². The third-order valence-corrected chi connectivity index (χ3v) is 8.16. The lowest BCUT2D eigenvalue weighted by atomic mass is 10.1. The molecule has 0 bridgehead atoms. The first-order chi connectivity index (χ1) is 15.9. The van der Waals surface area contributed by atoms with Crippen LogP contribution in [0.3, 0.4) is 0 Å². The Morgan fingerprint density at radius 3 is 2.48 bits per heavy atom. The molecule has 8 heteroatoms. The number of nitrogens with one attached hydrogen (secondary N) is 1. The second-order valence-corrected chi connectivity index (χ2v) is 10.3. The third-order valence-electron chi connectivity index (χ3n) is 5.18. The summed E-state index contributed by atoms with van der Waals surface area (Å²) >= 11 is 1.12. The van der Waals surface area contributed by atoms with E-state index >= 15 is 0 Å². The number of nitrogens with zero attached hydrogens (tertiary/aromatic N) is 2. The lowest BCUT2D eigenvalue weighted by molar-refractivity contribution is 0.0951. The van der Waals surface area contributed by atoms with Crippen LogP contribution in [0.25, 0.3) is 11.1 Å². The molecule has 2 heterocycles. The molecule has 0 aliphatic carbocycles. The number of aromatic nitrogens is 1. The minimum absolute atomic E-state index is 0.00114. The van der Waals surface area contributed by atoms with E-state index in [-0.39, 0.29) is 16.3 Å². The second kappa shape index (κ2) is 9.56. The maximum Gasteiger partial charge on any atom is 0.266 e. The summed E-state index contributed by atoms with van der Waals surface area (Å²) in [5, 5.41) is 4.53. The van der Waals surface area contributed by atoms with Gasteiger partial charge in [-0.25, -0.2) is 8.42 Å². The van der Waals surface area contributed by atoms with Crippen LogP contribution in [-0.2, 0) is 16.6 Å². The van der Waals surface area contributed by atoms with E-state index in [2.05, 4.69) is 10.3 Å². The molecular weight excluding hydrogens is 454 g/mol. The van der Waals surface area contributed by atoms with Crippen molar-refractivity contribution in [3.63, 3.8) is 0 Å². The molecule has 0 aliphatic rings. The van der Waals surface area contributed by atoms with Crippen LogP contribution in [0.15, 0.2) is 89.3 Å². The average Bonchev–Trinajstić information content (AvgIpc) is 3.29. The number of aryl methyl sites for hydroxylation is 1. The van der Waals surface area contributed by atoms with Crippen molar-refractivity contribution in [2.45, 2.75) is 18.4 Å². The van der Waals surface area contributed by atoms with Gasteiger partial charge in [0.1, 0.15) is 9.77 Å². The summed E-state index contributed by atoms with van der Waals surface area (Å²) in [6.45, 7) is 2.10. The van der Waals surface area contributed by atoms with Gasteiger partial charge in [-0.3, -0.25) is 14.1 Å². The van der Waals surface area contributed by atoms with E-state index in [0.29, 0.717) is 16.9 Å². The van der Waals surface area contributed by atoms with Gasteiger partial charge in [0, 0.05) is 24.2 Å². The van der Waals surface area contributed by atoms with Gasteiger partial charge in [0.15, 0.2) is 0 Å². The zero-order chi connectivity index (χ0) is 23.4. The van der Waals surface area contributed by atoms with Crippen LogP contribution in [0.2, 0.25) is 0 Å². The number of hydrogen-bond donors (Lipinski definition) is 1. The number of anilines is 1. The van der Waals surface area contributed by atoms with Crippen LogP contribution in [-0.4, -0.2) is 26.4 Å². The number of pyridine rings is 1. The van der Waals surface area contributed by atoms with Crippen molar-refractivity contribution in [2.75, 3.05) is 11.4 Å². The zero-order valence-corrected chi connectivity index (χ0v) is 19.9. The molecule has 0 radical (unpaired) electrons. The fourth-order valence-corrected chi connectivity index (χ4v) is 6.30. The summed E-state index contributed by atoms with van der Waals surface area (Å²) in [6.07, 6.45) is 1.65. The highest BCUT2D eigenvalue weighted by atomic mass is 32.2. The van der Waals surface area contributed by atoms with Crippen LogP contribution in [0, 0.1) is 6.92 Å². The van der Waals surface area contributed by atoms with Crippen LogP contribution in [0.1, 0.15) is 20.9 Å². The van der Waals surface area contributed by atoms with Crippen molar-refractivity contribution in [1.82, 2.24) is 10.3 Å². The standard InChI is InChI=1S/C25H23N3O3S2/c1-18-9-8-13-21(15-18)28(2)33(30,31)24-22(19-10-4-3-5-11-19)17-32-23(24)25(29)27-16-20-12-6-7-14-26-20/h3-15,17H,16H2,1-2H3,(H,27,29). The SMILES string of the molecule is Cc1cccc(N(C)S(=O)(=O)c2c(-c3ccccc3)csc2C(=O)NCc2ccccn2)c1. The summed E-state index contributed by atoms with van der Waals surface area (Å²) in [6, 6.07) is 21.9. The molecule has 33 heavy (non-hydrogen) atoms. The van der Waals surface area contributed by atoms with Crippen molar-refractivity contribution in [2.24, 2.45) is 0 Å². The maximum atomic E-state index is 13.8. The minimum Gasteiger partial charge on any atom is -0.346 e. The number of benzene rings is 2. The van der Waals surface area contributed by atoms with Gasteiger partial charge in [0.2, 0.25) is 0 Å². The number of amides is 1. The summed E-state index contributed by atoms with van der Waals surface area (Å²) in [7, 11) is -2.53. The Balaban J connectivity index is 1.77. The predicted molar refractivity (Wildman–Crippen MR) is 132 cm³/mol. The Bertz CT molecular complexity index is 1370. The highest BCUT2D eigenvalue weighted by Gasteiger charge is 2.32. The minimum atomic E-state index is -4.04. The van der Waals surface area contributed by atoms with E-state index < -0.39 is 15.9 Å². The van der Waals surface area contributed by atoms with E-state index in [1.165, 1.54) is 11.4 Å². The van der Waals surface area contributed by atoms with Crippen LogP contribution in [0.5, 0.6) is 0 Å². The molecule has 0 unspecified atom stereocenters. The summed E-state index contributed by atoms with van der Waals surface area (Å²) in [5.41, 5.74) is 3.39. The Morgan fingerprint density at radius 1 is 1.03 bits per heavy atom. The van der Waals surface area contributed by atoms with Gasteiger partial charge >= 0.3 is 0 Å². The van der Waals surface area contributed by atoms with E-state index in [1.807, 2.05) is 55.5 Å². The molecule has 0 spiro atoms. The van der Waals surface area contributed by atoms with E-state index in [4.69, 9.17) is 0 Å². The predicted octanol–water partition coefficient (Wildman–Crippen LogP) is 4.87. The summed E-state index contributed by atoms with van der Waals surface area (Å²) < 4.78 is 28.9. The van der Waals surface area contributed by atoms with Gasteiger partial charge in [0.05, 0.1) is 17.9 Å². The van der Waals surface area contributed by atoms with Crippen LogP contribution < -0.4 is 9.62 Å². The smallest absolute Gasteiger partial charge is 0.266 e. The number of thiophene rings is 1. The van der Waals surface area contributed by atoms with E-state index in [0.717, 1.165) is 22.5 Å². The third kappa shape index (κ3) is 4.81. The van der Waals surface area contributed by atoms with Gasteiger partial charge in [-0.15, -0.1) is 11.3 Å². The van der Waals surface area contributed by atoms with Gasteiger partial charge in [-0.1, -0.05) is 48.5 Å². The largest absolute Gasteiger partial charge is 0.346 e. The molecule has 0 saturated heterocycles. The highest BCUT2D eigenvalue weighted by molar-refractivity contribution is 7.93. The zero-order valence-electron chi connectivity index (χ0n) is 18.2. The number of sulfonamides is 1. The first-order valence-corrected chi connectivity index (χ1v) is 12.6. The number of carbonyl (C=O) groups excluding carboxylic acids is 1. The second-order valence-electron chi connectivity index (χ2n) is 7.49. The van der Waals surface area contributed by atoms with E-state index in [9.17, 15) is 13.2 Å². The molecule has 0 fully saturated rings. The molecule has 1 amide bonds. The molecule has 6 nitrogen and oxygen atoms in total. The highest BCUT2D eigenvalue weighted by Crippen LogP contribution is 2.38. The molecular formula is C25H23N3O3S2. The number of rotatable bonds is 7. The Hall–Kier alpha value is -3.49. The monoisotopic (exact) mass is 477 g/mol. The van der Waals surface area contributed by atoms with Crippen molar-refractivity contribution in [3.8, 4) is 11.1 Å². The van der Waals surface area contributed by atoms with Crippen molar-refractivity contribution in [3.05, 3.63) is 101 Å².